The maximum absolute atomic E-state index is 13.3. The molecule has 4 rings (SSSR count). The number of rotatable bonds is 7. The molecule has 0 saturated carbocycles. The molecule has 0 bridgehead atoms. The predicted molar refractivity (Wildman–Crippen MR) is 132 cm³/mol. The number of hydrogen-bond acceptors (Lipinski definition) is 4. The lowest BCUT2D eigenvalue weighted by molar-refractivity contribution is 0.0759. The van der Waals surface area contributed by atoms with E-state index in [0.29, 0.717) is 26.1 Å². The molecule has 0 aliphatic carbocycles. The third kappa shape index (κ3) is 5.21. The number of fused-ring (bicyclic) bond motifs is 1. The Morgan fingerprint density at radius 1 is 1.09 bits per heavy atom. The lowest BCUT2D eigenvalue weighted by atomic mass is 10.1. The minimum Gasteiger partial charge on any atom is -0.351 e. The molecule has 3 heterocycles. The smallest absolute Gasteiger partial charge is 0.259 e. The fourth-order valence-electron chi connectivity index (χ4n) is 4.33. The molecule has 2 N–H and O–H groups in total. The van der Waals surface area contributed by atoms with E-state index >= 15 is 0 Å². The molecule has 0 spiro atoms. The summed E-state index contributed by atoms with van der Waals surface area (Å²) in [5.74, 6) is 0.0215. The molecule has 2 amide bonds. The Kier molecular flexibility index (Phi) is 7.45. The minimum absolute atomic E-state index is 0.00516. The highest BCUT2D eigenvalue weighted by molar-refractivity contribution is 5.99. The van der Waals surface area contributed by atoms with E-state index in [4.69, 9.17) is 0 Å². The zero-order valence-electron chi connectivity index (χ0n) is 20.0. The molecule has 1 atom stereocenters. The first-order valence-corrected chi connectivity index (χ1v) is 12.2. The van der Waals surface area contributed by atoms with E-state index in [1.54, 1.807) is 17.3 Å². The summed E-state index contributed by atoms with van der Waals surface area (Å²) in [6, 6.07) is 7.80. The number of hydrogen-bond donors (Lipinski definition) is 2. The second-order valence-corrected chi connectivity index (χ2v) is 9.03. The fourth-order valence-corrected chi connectivity index (χ4v) is 4.33. The molecule has 3 aromatic rings. The van der Waals surface area contributed by atoms with Crippen molar-refractivity contribution >= 4 is 22.8 Å². The van der Waals surface area contributed by atoms with E-state index in [9.17, 15) is 14.4 Å². The van der Waals surface area contributed by atoms with Crippen LogP contribution in [0.4, 0.5) is 0 Å². The van der Waals surface area contributed by atoms with Gasteiger partial charge < -0.3 is 19.8 Å². The van der Waals surface area contributed by atoms with Gasteiger partial charge in [-0.3, -0.25) is 14.4 Å². The van der Waals surface area contributed by atoms with Gasteiger partial charge in [-0.2, -0.15) is 0 Å². The number of nitrogens with zero attached hydrogens (tertiary/aromatic N) is 3. The lowest BCUT2D eigenvalue weighted by Crippen LogP contribution is -2.38. The molecule has 1 aromatic carbocycles. The van der Waals surface area contributed by atoms with Crippen molar-refractivity contribution in [2.24, 2.45) is 0 Å². The van der Waals surface area contributed by atoms with Crippen molar-refractivity contribution in [1.29, 1.82) is 0 Å². The standard InChI is InChI=1S/C26H33N5O3/c1-3-18(2)31-16-19(24(32)20(17-31)26(34)30-14-8-4-5-9-15-30)25(33)27-13-12-23-28-21-10-6-7-11-22(21)29-23/h6-7,10-11,16-18H,3-5,8-9,12-15H2,1-2H3,(H,27,33)(H,28,29). The number of carbonyl (C=O) groups excluding carboxylic acids is 2. The summed E-state index contributed by atoms with van der Waals surface area (Å²) in [6.07, 6.45) is 8.57. The number of para-hydroxylation sites is 2. The van der Waals surface area contributed by atoms with E-state index in [2.05, 4.69) is 15.3 Å². The summed E-state index contributed by atoms with van der Waals surface area (Å²) in [5, 5.41) is 2.84. The Labute approximate surface area is 199 Å². The first-order valence-electron chi connectivity index (χ1n) is 12.2. The first-order chi connectivity index (χ1) is 16.5. The monoisotopic (exact) mass is 463 g/mol. The number of aromatic amines is 1. The highest BCUT2D eigenvalue weighted by Crippen LogP contribution is 2.16. The summed E-state index contributed by atoms with van der Waals surface area (Å²) < 4.78 is 1.82. The molecule has 1 unspecified atom stereocenters. The minimum atomic E-state index is -0.505. The van der Waals surface area contributed by atoms with Crippen molar-refractivity contribution in [1.82, 2.24) is 24.8 Å². The fraction of sp³-hybridized carbons (Fsp3) is 0.462. The quantitative estimate of drug-likeness (QED) is 0.558. The van der Waals surface area contributed by atoms with Gasteiger partial charge in [0.15, 0.2) is 0 Å². The van der Waals surface area contributed by atoms with Crippen molar-refractivity contribution < 1.29 is 9.59 Å². The van der Waals surface area contributed by atoms with Crippen LogP contribution in [-0.2, 0) is 6.42 Å². The Hall–Kier alpha value is -3.42. The molecule has 180 valence electrons. The third-order valence-electron chi connectivity index (χ3n) is 6.60. The molecule has 2 aromatic heterocycles. The summed E-state index contributed by atoms with van der Waals surface area (Å²) in [6.45, 7) is 5.66. The van der Waals surface area contributed by atoms with Crippen molar-refractivity contribution in [3.05, 3.63) is 63.8 Å². The Bertz CT molecular complexity index is 1190. The van der Waals surface area contributed by atoms with Gasteiger partial charge in [-0.25, -0.2) is 4.98 Å². The van der Waals surface area contributed by atoms with Gasteiger partial charge in [0.1, 0.15) is 17.0 Å². The van der Waals surface area contributed by atoms with Crippen molar-refractivity contribution in [2.45, 2.75) is 58.4 Å². The van der Waals surface area contributed by atoms with Gasteiger partial charge in [-0.15, -0.1) is 0 Å². The molecule has 8 nitrogen and oxygen atoms in total. The third-order valence-corrected chi connectivity index (χ3v) is 6.60. The molecular formula is C26H33N5O3. The Balaban J connectivity index is 1.54. The van der Waals surface area contributed by atoms with Crippen LogP contribution in [0.1, 0.15) is 78.5 Å². The molecular weight excluding hydrogens is 430 g/mol. The lowest BCUT2D eigenvalue weighted by Gasteiger charge is -2.22. The summed E-state index contributed by atoms with van der Waals surface area (Å²) in [7, 11) is 0. The van der Waals surface area contributed by atoms with Crippen LogP contribution >= 0.6 is 0 Å². The zero-order valence-corrected chi connectivity index (χ0v) is 20.0. The zero-order chi connectivity index (χ0) is 24.1. The number of amides is 2. The van der Waals surface area contributed by atoms with Gasteiger partial charge in [-0.05, 0) is 38.3 Å². The second-order valence-electron chi connectivity index (χ2n) is 9.03. The maximum atomic E-state index is 13.3. The van der Waals surface area contributed by atoms with Crippen LogP contribution in [0, 0.1) is 0 Å². The van der Waals surface area contributed by atoms with Gasteiger partial charge in [0, 0.05) is 44.5 Å². The van der Waals surface area contributed by atoms with Crippen LogP contribution in [0.25, 0.3) is 11.0 Å². The molecule has 34 heavy (non-hydrogen) atoms. The number of H-pyrrole nitrogens is 1. The second kappa shape index (κ2) is 10.7. The number of carbonyl (C=O) groups is 2. The van der Waals surface area contributed by atoms with Crippen LogP contribution in [0.2, 0.25) is 0 Å². The van der Waals surface area contributed by atoms with Crippen LogP contribution in [0.3, 0.4) is 0 Å². The average molecular weight is 464 g/mol. The number of aromatic nitrogens is 3. The van der Waals surface area contributed by atoms with Crippen molar-refractivity contribution in [3.8, 4) is 0 Å². The average Bonchev–Trinajstić information content (AvgIpc) is 3.06. The van der Waals surface area contributed by atoms with E-state index < -0.39 is 11.3 Å². The normalized spacial score (nSPS) is 15.2. The predicted octanol–water partition coefficient (Wildman–Crippen LogP) is 3.68. The first kappa shape index (κ1) is 23.7. The van der Waals surface area contributed by atoms with Gasteiger partial charge in [0.25, 0.3) is 11.8 Å². The topological polar surface area (TPSA) is 100 Å². The van der Waals surface area contributed by atoms with E-state index in [0.717, 1.165) is 49.0 Å². The number of benzene rings is 1. The van der Waals surface area contributed by atoms with Crippen molar-refractivity contribution in [3.63, 3.8) is 0 Å². The molecule has 1 saturated heterocycles. The summed E-state index contributed by atoms with van der Waals surface area (Å²) in [5.41, 5.74) is 1.40. The van der Waals surface area contributed by atoms with E-state index in [-0.39, 0.29) is 23.1 Å². The molecule has 1 aliphatic heterocycles. The number of pyridine rings is 1. The van der Waals surface area contributed by atoms with Gasteiger partial charge >= 0.3 is 0 Å². The largest absolute Gasteiger partial charge is 0.351 e. The highest BCUT2D eigenvalue weighted by Gasteiger charge is 2.24. The van der Waals surface area contributed by atoms with Crippen LogP contribution in [-0.4, -0.2) is 50.9 Å². The number of imidazole rings is 1. The number of nitrogens with one attached hydrogen (secondary N) is 2. The SMILES string of the molecule is CCC(C)n1cc(C(=O)NCCc2nc3ccccc3[nH]2)c(=O)c(C(=O)N2CCCCCC2)c1. The van der Waals surface area contributed by atoms with Gasteiger partial charge in [-0.1, -0.05) is 31.9 Å². The van der Waals surface area contributed by atoms with Crippen LogP contribution in [0.15, 0.2) is 41.5 Å². The van der Waals surface area contributed by atoms with Crippen LogP contribution in [0.5, 0.6) is 0 Å². The molecule has 1 fully saturated rings. The van der Waals surface area contributed by atoms with Gasteiger partial charge in [0.05, 0.1) is 11.0 Å². The summed E-state index contributed by atoms with van der Waals surface area (Å²) >= 11 is 0. The highest BCUT2D eigenvalue weighted by atomic mass is 16.2. The van der Waals surface area contributed by atoms with Crippen molar-refractivity contribution in [2.75, 3.05) is 19.6 Å². The maximum Gasteiger partial charge on any atom is 0.259 e. The van der Waals surface area contributed by atoms with E-state index in [1.807, 2.05) is 42.7 Å². The number of likely N-dealkylation sites (tertiary alicyclic amines) is 1. The Morgan fingerprint density at radius 3 is 2.50 bits per heavy atom. The molecule has 0 radical (unpaired) electrons. The van der Waals surface area contributed by atoms with E-state index in [1.165, 1.54) is 0 Å². The van der Waals surface area contributed by atoms with Gasteiger partial charge in [0.2, 0.25) is 5.43 Å². The Morgan fingerprint density at radius 2 is 1.79 bits per heavy atom. The summed E-state index contributed by atoms with van der Waals surface area (Å²) in [4.78, 5) is 49.1. The van der Waals surface area contributed by atoms with Crippen LogP contribution < -0.4 is 10.7 Å². The molecule has 1 aliphatic rings. The molecule has 8 heteroatoms.